The van der Waals surface area contributed by atoms with Crippen molar-refractivity contribution in [3.05, 3.63) is 51.8 Å². The quantitative estimate of drug-likeness (QED) is 0.875. The molecule has 108 valence electrons. The van der Waals surface area contributed by atoms with Crippen molar-refractivity contribution < 1.29 is 0 Å². The van der Waals surface area contributed by atoms with Gasteiger partial charge >= 0.3 is 0 Å². The predicted octanol–water partition coefficient (Wildman–Crippen LogP) is 3.52. The summed E-state index contributed by atoms with van der Waals surface area (Å²) in [5, 5.41) is 7.85. The lowest BCUT2D eigenvalue weighted by molar-refractivity contribution is 0.562. The van der Waals surface area contributed by atoms with E-state index in [-0.39, 0.29) is 0 Å². The van der Waals surface area contributed by atoms with E-state index in [4.69, 9.17) is 0 Å². The van der Waals surface area contributed by atoms with Gasteiger partial charge < -0.3 is 5.32 Å². The Kier molecular flexibility index (Phi) is 5.38. The van der Waals surface area contributed by atoms with Gasteiger partial charge in [-0.2, -0.15) is 5.10 Å². The number of nitrogens with one attached hydrogen (secondary N) is 1. The number of benzene rings is 1. The summed E-state index contributed by atoms with van der Waals surface area (Å²) in [6.45, 7) is 6.07. The molecule has 2 rings (SSSR count). The number of nitrogens with zero attached hydrogens (tertiary/aromatic N) is 2. The van der Waals surface area contributed by atoms with Crippen LogP contribution in [0.1, 0.15) is 29.8 Å². The van der Waals surface area contributed by atoms with Crippen LogP contribution in [0.2, 0.25) is 0 Å². The predicted molar refractivity (Wildman–Crippen MR) is 87.2 cm³/mol. The monoisotopic (exact) mass is 335 g/mol. The van der Waals surface area contributed by atoms with Crippen LogP contribution in [-0.2, 0) is 13.0 Å². The minimum absolute atomic E-state index is 0.442. The zero-order valence-electron chi connectivity index (χ0n) is 12.4. The first-order valence-electron chi connectivity index (χ1n) is 7.08. The van der Waals surface area contributed by atoms with Crippen LogP contribution in [0.3, 0.4) is 0 Å². The number of rotatable bonds is 6. The fourth-order valence-electron chi connectivity index (χ4n) is 2.63. The number of hydrogen-bond donors (Lipinski definition) is 1. The van der Waals surface area contributed by atoms with Crippen LogP contribution in [0.15, 0.2) is 34.8 Å². The molecular formula is C16H22BrN3. The summed E-state index contributed by atoms with van der Waals surface area (Å²) in [4.78, 5) is 0. The minimum atomic E-state index is 0.442. The summed E-state index contributed by atoms with van der Waals surface area (Å²) in [7, 11) is 2.01. The molecule has 1 aromatic heterocycles. The van der Waals surface area contributed by atoms with E-state index in [1.54, 1.807) is 0 Å². The SMILES string of the molecule is CCn1nc(C)cc1CC(CNC)c1ccccc1Br. The highest BCUT2D eigenvalue weighted by Gasteiger charge is 2.17. The number of halogens is 1. The molecule has 2 aromatic rings. The summed E-state index contributed by atoms with van der Waals surface area (Å²) >= 11 is 3.67. The molecule has 3 nitrogen and oxygen atoms in total. The maximum Gasteiger partial charge on any atom is 0.0596 e. The molecule has 0 spiro atoms. The smallest absolute Gasteiger partial charge is 0.0596 e. The zero-order chi connectivity index (χ0) is 14.5. The molecule has 0 saturated carbocycles. The van der Waals surface area contributed by atoms with Crippen molar-refractivity contribution in [3.8, 4) is 0 Å². The van der Waals surface area contributed by atoms with Crippen LogP contribution in [0.25, 0.3) is 0 Å². The molecule has 1 heterocycles. The van der Waals surface area contributed by atoms with E-state index in [2.05, 4.69) is 75.2 Å². The fraction of sp³-hybridized carbons (Fsp3) is 0.438. The lowest BCUT2D eigenvalue weighted by atomic mass is 9.94. The van der Waals surface area contributed by atoms with Gasteiger partial charge in [-0.3, -0.25) is 4.68 Å². The average Bonchev–Trinajstić information content (AvgIpc) is 2.79. The first-order chi connectivity index (χ1) is 9.65. The number of aromatic nitrogens is 2. The van der Waals surface area contributed by atoms with E-state index < -0.39 is 0 Å². The molecule has 0 fully saturated rings. The van der Waals surface area contributed by atoms with Crippen LogP contribution < -0.4 is 5.32 Å². The van der Waals surface area contributed by atoms with Gasteiger partial charge in [0.2, 0.25) is 0 Å². The Labute approximate surface area is 129 Å². The van der Waals surface area contributed by atoms with Crippen molar-refractivity contribution in [3.63, 3.8) is 0 Å². The van der Waals surface area contributed by atoms with Gasteiger partial charge in [0.25, 0.3) is 0 Å². The maximum atomic E-state index is 4.54. The first kappa shape index (κ1) is 15.3. The molecule has 1 atom stereocenters. The number of aryl methyl sites for hydroxylation is 2. The Hall–Kier alpha value is -1.13. The molecule has 1 aromatic carbocycles. The Bertz CT molecular complexity index is 563. The van der Waals surface area contributed by atoms with E-state index >= 15 is 0 Å². The molecule has 0 radical (unpaired) electrons. The molecule has 0 saturated heterocycles. The highest BCUT2D eigenvalue weighted by Crippen LogP contribution is 2.27. The molecular weight excluding hydrogens is 314 g/mol. The third kappa shape index (κ3) is 3.49. The zero-order valence-corrected chi connectivity index (χ0v) is 13.9. The standard InChI is InChI=1S/C16H22BrN3/c1-4-20-14(9-12(2)19-20)10-13(11-18-3)15-7-5-6-8-16(15)17/h5-9,13,18H,4,10-11H2,1-3H3. The van der Waals surface area contributed by atoms with Gasteiger partial charge in [-0.1, -0.05) is 34.1 Å². The van der Waals surface area contributed by atoms with E-state index in [0.717, 1.165) is 25.2 Å². The van der Waals surface area contributed by atoms with Gasteiger partial charge in [-0.05, 0) is 45.0 Å². The average molecular weight is 336 g/mol. The van der Waals surface area contributed by atoms with Crippen LogP contribution >= 0.6 is 15.9 Å². The molecule has 4 heteroatoms. The van der Waals surface area contributed by atoms with Gasteiger partial charge in [0.05, 0.1) is 5.69 Å². The van der Waals surface area contributed by atoms with Gasteiger partial charge in [-0.15, -0.1) is 0 Å². The van der Waals surface area contributed by atoms with Crippen LogP contribution in [0.4, 0.5) is 0 Å². The molecule has 0 aliphatic heterocycles. The number of hydrogen-bond acceptors (Lipinski definition) is 2. The van der Waals surface area contributed by atoms with E-state index in [0.29, 0.717) is 5.92 Å². The van der Waals surface area contributed by atoms with Crippen molar-refractivity contribution in [1.29, 1.82) is 0 Å². The molecule has 0 aliphatic carbocycles. The highest BCUT2D eigenvalue weighted by atomic mass is 79.9. The summed E-state index contributed by atoms with van der Waals surface area (Å²) in [5.41, 5.74) is 3.75. The van der Waals surface area contributed by atoms with Gasteiger partial charge in [0.15, 0.2) is 0 Å². The third-order valence-corrected chi connectivity index (χ3v) is 4.26. The Morgan fingerprint density at radius 3 is 2.75 bits per heavy atom. The molecule has 0 aliphatic rings. The summed E-state index contributed by atoms with van der Waals surface area (Å²) in [5.74, 6) is 0.442. The lowest BCUT2D eigenvalue weighted by Crippen LogP contribution is -2.20. The summed E-state index contributed by atoms with van der Waals surface area (Å²) < 4.78 is 3.29. The third-order valence-electron chi connectivity index (χ3n) is 3.54. The van der Waals surface area contributed by atoms with Crippen molar-refractivity contribution in [2.24, 2.45) is 0 Å². The molecule has 1 unspecified atom stereocenters. The minimum Gasteiger partial charge on any atom is -0.319 e. The summed E-state index contributed by atoms with van der Waals surface area (Å²) in [6.07, 6.45) is 0.998. The van der Waals surface area contributed by atoms with E-state index in [1.165, 1.54) is 15.7 Å². The van der Waals surface area contributed by atoms with Crippen LogP contribution in [-0.4, -0.2) is 23.4 Å². The van der Waals surface area contributed by atoms with Crippen LogP contribution in [0.5, 0.6) is 0 Å². The maximum absolute atomic E-state index is 4.54. The second-order valence-electron chi connectivity index (χ2n) is 5.07. The fourth-order valence-corrected chi connectivity index (χ4v) is 3.24. The molecule has 0 bridgehead atoms. The van der Waals surface area contributed by atoms with Crippen molar-refractivity contribution >= 4 is 15.9 Å². The normalized spacial score (nSPS) is 12.6. The summed E-state index contributed by atoms with van der Waals surface area (Å²) in [6, 6.07) is 10.7. The largest absolute Gasteiger partial charge is 0.319 e. The molecule has 0 amide bonds. The lowest BCUT2D eigenvalue weighted by Gasteiger charge is -2.19. The van der Waals surface area contributed by atoms with Crippen molar-refractivity contribution in [2.45, 2.75) is 32.7 Å². The van der Waals surface area contributed by atoms with E-state index in [9.17, 15) is 0 Å². The highest BCUT2D eigenvalue weighted by molar-refractivity contribution is 9.10. The van der Waals surface area contributed by atoms with E-state index in [1.807, 2.05) is 7.05 Å². The van der Waals surface area contributed by atoms with Gasteiger partial charge in [0.1, 0.15) is 0 Å². The Balaban J connectivity index is 2.28. The second-order valence-corrected chi connectivity index (χ2v) is 5.93. The first-order valence-corrected chi connectivity index (χ1v) is 7.87. The van der Waals surface area contributed by atoms with Gasteiger partial charge in [0, 0.05) is 29.2 Å². The van der Waals surface area contributed by atoms with Crippen molar-refractivity contribution in [1.82, 2.24) is 15.1 Å². The Morgan fingerprint density at radius 1 is 1.35 bits per heavy atom. The van der Waals surface area contributed by atoms with Gasteiger partial charge in [-0.25, -0.2) is 0 Å². The molecule has 20 heavy (non-hydrogen) atoms. The second kappa shape index (κ2) is 7.04. The van der Waals surface area contributed by atoms with Crippen molar-refractivity contribution in [2.75, 3.05) is 13.6 Å². The van der Waals surface area contributed by atoms with Crippen LogP contribution in [0, 0.1) is 6.92 Å². The number of likely N-dealkylation sites (N-methyl/N-ethyl adjacent to an activating group) is 1. The molecule has 1 N–H and O–H groups in total. The Morgan fingerprint density at radius 2 is 2.10 bits per heavy atom. The topological polar surface area (TPSA) is 29.9 Å².